The standard InChI is InChI=1S/C23H24N6O2/c1-29(2)20-13-15(26-22(28-20)19-9-5-6-11-24-19)10-12-25-23(31)17-14-21(30)27-18-8-4-3-7-16(17)18/h3-9,11,13,17H,10,12,14H2,1-2H3,(H,25,31)(H,27,30). The average molecular weight is 416 g/mol. The first kappa shape index (κ1) is 20.5. The van der Waals surface area contributed by atoms with Crippen molar-refractivity contribution >= 4 is 23.3 Å². The summed E-state index contributed by atoms with van der Waals surface area (Å²) in [5, 5.41) is 5.78. The van der Waals surface area contributed by atoms with Gasteiger partial charge in [-0.2, -0.15) is 0 Å². The zero-order valence-corrected chi connectivity index (χ0v) is 17.5. The van der Waals surface area contributed by atoms with Crippen molar-refractivity contribution in [2.45, 2.75) is 18.8 Å². The number of rotatable bonds is 6. The lowest BCUT2D eigenvalue weighted by molar-refractivity contribution is -0.126. The summed E-state index contributed by atoms with van der Waals surface area (Å²) in [5.74, 6) is 0.525. The summed E-state index contributed by atoms with van der Waals surface area (Å²) in [6.07, 6.45) is 2.39. The lowest BCUT2D eigenvalue weighted by Crippen LogP contribution is -2.36. The highest BCUT2D eigenvalue weighted by molar-refractivity contribution is 6.01. The maximum Gasteiger partial charge on any atom is 0.228 e. The summed E-state index contributed by atoms with van der Waals surface area (Å²) in [6, 6.07) is 14.9. The molecular formula is C23H24N6O2. The van der Waals surface area contributed by atoms with Crippen LogP contribution in [0.3, 0.4) is 0 Å². The van der Waals surface area contributed by atoms with E-state index in [9.17, 15) is 9.59 Å². The number of fused-ring (bicyclic) bond motifs is 1. The van der Waals surface area contributed by atoms with Crippen molar-refractivity contribution in [1.82, 2.24) is 20.3 Å². The minimum Gasteiger partial charge on any atom is -0.363 e. The minimum atomic E-state index is -0.489. The minimum absolute atomic E-state index is 0.144. The van der Waals surface area contributed by atoms with E-state index in [0.717, 1.165) is 17.1 Å². The SMILES string of the molecule is CN(C)c1cc(CCNC(=O)C2CC(=O)Nc3ccccc32)nc(-c2ccccn2)n1. The Morgan fingerprint density at radius 2 is 1.97 bits per heavy atom. The summed E-state index contributed by atoms with van der Waals surface area (Å²) in [6.45, 7) is 0.407. The maximum atomic E-state index is 12.8. The van der Waals surface area contributed by atoms with Gasteiger partial charge in [-0.05, 0) is 23.8 Å². The van der Waals surface area contributed by atoms with Crippen molar-refractivity contribution in [2.24, 2.45) is 0 Å². The molecule has 4 rings (SSSR count). The third kappa shape index (κ3) is 4.69. The molecule has 8 heteroatoms. The van der Waals surface area contributed by atoms with Crippen LogP contribution in [-0.2, 0) is 16.0 Å². The molecule has 0 radical (unpaired) electrons. The molecule has 1 unspecified atom stereocenters. The fourth-order valence-corrected chi connectivity index (χ4v) is 3.53. The molecule has 3 heterocycles. The summed E-state index contributed by atoms with van der Waals surface area (Å²) in [5.41, 5.74) is 3.04. The Morgan fingerprint density at radius 3 is 2.74 bits per heavy atom. The number of carbonyl (C=O) groups is 2. The molecule has 1 aromatic carbocycles. The molecule has 0 bridgehead atoms. The van der Waals surface area contributed by atoms with E-state index in [-0.39, 0.29) is 18.2 Å². The molecule has 158 valence electrons. The van der Waals surface area contributed by atoms with Crippen molar-refractivity contribution in [3.05, 3.63) is 66.0 Å². The van der Waals surface area contributed by atoms with Gasteiger partial charge in [0.25, 0.3) is 0 Å². The van der Waals surface area contributed by atoms with E-state index < -0.39 is 5.92 Å². The molecule has 8 nitrogen and oxygen atoms in total. The first-order valence-corrected chi connectivity index (χ1v) is 10.1. The lowest BCUT2D eigenvalue weighted by atomic mass is 9.90. The molecular weight excluding hydrogens is 392 g/mol. The van der Waals surface area contributed by atoms with Crippen molar-refractivity contribution in [3.8, 4) is 11.5 Å². The second-order valence-electron chi connectivity index (χ2n) is 7.58. The normalized spacial score (nSPS) is 15.0. The van der Waals surface area contributed by atoms with E-state index in [4.69, 9.17) is 0 Å². The van der Waals surface area contributed by atoms with Crippen molar-refractivity contribution in [3.63, 3.8) is 0 Å². The molecule has 1 atom stereocenters. The van der Waals surface area contributed by atoms with Crippen molar-refractivity contribution < 1.29 is 9.59 Å². The Hall–Kier alpha value is -3.81. The summed E-state index contributed by atoms with van der Waals surface area (Å²) >= 11 is 0. The molecule has 2 amide bonds. The molecule has 0 spiro atoms. The number of benzene rings is 1. The number of nitrogens with zero attached hydrogens (tertiary/aromatic N) is 4. The van der Waals surface area contributed by atoms with Crippen LogP contribution in [0, 0.1) is 0 Å². The molecule has 1 aliphatic rings. The van der Waals surface area contributed by atoms with Gasteiger partial charge in [-0.25, -0.2) is 9.97 Å². The Bertz CT molecular complexity index is 1100. The van der Waals surface area contributed by atoms with Gasteiger partial charge in [-0.3, -0.25) is 14.6 Å². The first-order chi connectivity index (χ1) is 15.0. The number of hydrogen-bond donors (Lipinski definition) is 2. The van der Waals surface area contributed by atoms with Gasteiger partial charge in [-0.15, -0.1) is 0 Å². The predicted molar refractivity (Wildman–Crippen MR) is 119 cm³/mol. The first-order valence-electron chi connectivity index (χ1n) is 10.1. The van der Waals surface area contributed by atoms with Crippen LogP contribution in [0.25, 0.3) is 11.5 Å². The smallest absolute Gasteiger partial charge is 0.228 e. The fraction of sp³-hybridized carbons (Fsp3) is 0.261. The van der Waals surface area contributed by atoms with Gasteiger partial charge in [0.05, 0.1) is 5.92 Å². The highest BCUT2D eigenvalue weighted by atomic mass is 16.2. The van der Waals surface area contributed by atoms with Crippen LogP contribution >= 0.6 is 0 Å². The molecule has 3 aromatic rings. The van der Waals surface area contributed by atoms with Crippen LogP contribution in [0.2, 0.25) is 0 Å². The molecule has 2 N–H and O–H groups in total. The highest BCUT2D eigenvalue weighted by Crippen LogP contribution is 2.32. The van der Waals surface area contributed by atoms with E-state index in [2.05, 4.69) is 25.6 Å². The number of nitrogens with one attached hydrogen (secondary N) is 2. The monoisotopic (exact) mass is 416 g/mol. The largest absolute Gasteiger partial charge is 0.363 e. The van der Waals surface area contributed by atoms with Gasteiger partial charge in [-0.1, -0.05) is 24.3 Å². The molecule has 31 heavy (non-hydrogen) atoms. The molecule has 0 saturated carbocycles. The molecule has 0 fully saturated rings. The summed E-state index contributed by atoms with van der Waals surface area (Å²) < 4.78 is 0. The number of amides is 2. The topological polar surface area (TPSA) is 100 Å². The van der Waals surface area contributed by atoms with E-state index in [1.54, 1.807) is 6.20 Å². The predicted octanol–water partition coefficient (Wildman–Crippen LogP) is 2.39. The van der Waals surface area contributed by atoms with Gasteiger partial charge < -0.3 is 15.5 Å². The van der Waals surface area contributed by atoms with Crippen LogP contribution in [0.15, 0.2) is 54.7 Å². The number of carbonyl (C=O) groups excluding carboxylic acids is 2. The summed E-state index contributed by atoms with van der Waals surface area (Å²) in [4.78, 5) is 40.3. The molecule has 0 saturated heterocycles. The van der Waals surface area contributed by atoms with E-state index in [1.807, 2.05) is 67.5 Å². The number of pyridine rings is 1. The third-order valence-electron chi connectivity index (χ3n) is 5.11. The maximum absolute atomic E-state index is 12.8. The lowest BCUT2D eigenvalue weighted by Gasteiger charge is -2.24. The van der Waals surface area contributed by atoms with Crippen LogP contribution in [-0.4, -0.2) is 47.4 Å². The third-order valence-corrected chi connectivity index (χ3v) is 5.11. The Morgan fingerprint density at radius 1 is 1.16 bits per heavy atom. The number of anilines is 2. The van der Waals surface area contributed by atoms with Crippen LogP contribution in [0.4, 0.5) is 11.5 Å². The Kier molecular flexibility index (Phi) is 5.88. The van der Waals surface area contributed by atoms with Crippen LogP contribution in [0.1, 0.15) is 23.6 Å². The van der Waals surface area contributed by atoms with Gasteiger partial charge in [0.1, 0.15) is 11.5 Å². The molecule has 2 aromatic heterocycles. The van der Waals surface area contributed by atoms with E-state index >= 15 is 0 Å². The second kappa shape index (κ2) is 8.91. The van der Waals surface area contributed by atoms with Gasteiger partial charge in [0.15, 0.2) is 5.82 Å². The Labute approximate surface area is 180 Å². The summed E-state index contributed by atoms with van der Waals surface area (Å²) in [7, 11) is 3.84. The van der Waals surface area contributed by atoms with Gasteiger partial charge in [0.2, 0.25) is 11.8 Å². The van der Waals surface area contributed by atoms with Crippen molar-refractivity contribution in [2.75, 3.05) is 30.9 Å². The number of hydrogen-bond acceptors (Lipinski definition) is 6. The van der Waals surface area contributed by atoms with Gasteiger partial charge in [0, 0.05) is 57.1 Å². The van der Waals surface area contributed by atoms with Crippen LogP contribution in [0.5, 0.6) is 0 Å². The fourth-order valence-electron chi connectivity index (χ4n) is 3.53. The quantitative estimate of drug-likeness (QED) is 0.640. The highest BCUT2D eigenvalue weighted by Gasteiger charge is 2.30. The van der Waals surface area contributed by atoms with Crippen LogP contribution < -0.4 is 15.5 Å². The van der Waals surface area contributed by atoms with Gasteiger partial charge >= 0.3 is 0 Å². The molecule has 0 aliphatic carbocycles. The van der Waals surface area contributed by atoms with Crippen molar-refractivity contribution in [1.29, 1.82) is 0 Å². The number of para-hydroxylation sites is 1. The molecule has 1 aliphatic heterocycles. The average Bonchev–Trinajstić information content (AvgIpc) is 2.78. The van der Waals surface area contributed by atoms with E-state index in [0.29, 0.717) is 30.2 Å². The zero-order chi connectivity index (χ0) is 21.8. The number of aromatic nitrogens is 3. The second-order valence-corrected chi connectivity index (χ2v) is 7.58. The Balaban J connectivity index is 1.47. The van der Waals surface area contributed by atoms with E-state index in [1.165, 1.54) is 0 Å². The zero-order valence-electron chi connectivity index (χ0n) is 17.5.